The second kappa shape index (κ2) is 8.71. The van der Waals surface area contributed by atoms with Gasteiger partial charge in [-0.3, -0.25) is 14.5 Å². The predicted octanol–water partition coefficient (Wildman–Crippen LogP) is 4.83. The Balaban J connectivity index is 1.67. The van der Waals surface area contributed by atoms with Crippen LogP contribution in [0.25, 0.3) is 6.08 Å². The largest absolute Gasteiger partial charge is 0.345 e. The summed E-state index contributed by atoms with van der Waals surface area (Å²) in [5, 5.41) is 0.349. The minimum Gasteiger partial charge on any atom is -0.345 e. The van der Waals surface area contributed by atoms with Gasteiger partial charge in [0, 0.05) is 13.6 Å². The van der Waals surface area contributed by atoms with Crippen molar-refractivity contribution in [2.45, 2.75) is 38.4 Å². The van der Waals surface area contributed by atoms with Crippen LogP contribution in [0, 0.1) is 6.92 Å². The average Bonchev–Trinajstić information content (AvgIpc) is 3.23. The summed E-state index contributed by atoms with van der Waals surface area (Å²) < 4.78 is 0. The summed E-state index contributed by atoms with van der Waals surface area (Å²) in [6.07, 6.45) is 2.58. The molecular weight excluding hydrogens is 406 g/mol. The third-order valence-corrected chi connectivity index (χ3v) is 6.86. The van der Waals surface area contributed by atoms with Gasteiger partial charge in [-0.15, -0.1) is 0 Å². The molecule has 2 aromatic rings. The lowest BCUT2D eigenvalue weighted by atomic mass is 10.0. The smallest absolute Gasteiger partial charge is 0.283 e. The van der Waals surface area contributed by atoms with Crippen LogP contribution in [0.3, 0.4) is 0 Å². The van der Waals surface area contributed by atoms with Gasteiger partial charge in [0.05, 0.1) is 10.9 Å². The molecule has 2 aromatic carbocycles. The molecule has 1 saturated heterocycles. The van der Waals surface area contributed by atoms with E-state index >= 15 is 0 Å². The highest BCUT2D eigenvalue weighted by Crippen LogP contribution is 2.34. The van der Waals surface area contributed by atoms with Gasteiger partial charge in [0.15, 0.2) is 5.17 Å². The van der Waals surface area contributed by atoms with Gasteiger partial charge in [-0.1, -0.05) is 67.6 Å². The molecule has 5 nitrogen and oxygen atoms in total. The molecule has 6 heteroatoms. The summed E-state index contributed by atoms with van der Waals surface area (Å²) in [6, 6.07) is 16.0. The highest BCUT2D eigenvalue weighted by atomic mass is 32.2. The molecule has 0 saturated carbocycles. The Morgan fingerprint density at radius 1 is 1.06 bits per heavy atom. The molecule has 0 spiro atoms. The van der Waals surface area contributed by atoms with Crippen LogP contribution < -0.4 is 4.90 Å². The Morgan fingerprint density at radius 3 is 2.32 bits per heavy atom. The number of amidine groups is 1. The lowest BCUT2D eigenvalue weighted by molar-refractivity contribution is -0.126. The molecule has 31 heavy (non-hydrogen) atoms. The molecule has 2 amide bonds. The zero-order valence-corrected chi connectivity index (χ0v) is 19.1. The Bertz CT molecular complexity index is 1060. The van der Waals surface area contributed by atoms with Crippen molar-refractivity contribution in [3.05, 3.63) is 70.9 Å². The van der Waals surface area contributed by atoms with Gasteiger partial charge in [0.25, 0.3) is 5.91 Å². The zero-order valence-electron chi connectivity index (χ0n) is 18.3. The minimum absolute atomic E-state index is 0.0886. The number of rotatable bonds is 4. The van der Waals surface area contributed by atoms with Gasteiger partial charge in [0.2, 0.25) is 5.91 Å². The van der Waals surface area contributed by atoms with E-state index in [2.05, 4.69) is 31.0 Å². The maximum Gasteiger partial charge on any atom is 0.283 e. The second-order valence-corrected chi connectivity index (χ2v) is 9.55. The number of anilines is 1. The van der Waals surface area contributed by atoms with Crippen LogP contribution in [0.15, 0.2) is 59.2 Å². The van der Waals surface area contributed by atoms with E-state index in [0.29, 0.717) is 16.8 Å². The van der Waals surface area contributed by atoms with Crippen LogP contribution in [0.4, 0.5) is 5.69 Å². The number of hydrogen-bond donors (Lipinski definition) is 0. The topological polar surface area (TPSA) is 53.0 Å². The number of likely N-dealkylation sites (tertiary alicyclic amines) is 1. The number of nitrogens with zero attached hydrogens (tertiary/aromatic N) is 3. The Morgan fingerprint density at radius 2 is 1.74 bits per heavy atom. The van der Waals surface area contributed by atoms with E-state index in [1.165, 1.54) is 17.3 Å². The number of carbonyl (C=O) groups excluding carboxylic acids is 2. The van der Waals surface area contributed by atoms with E-state index in [1.54, 1.807) is 9.80 Å². The van der Waals surface area contributed by atoms with E-state index in [1.807, 2.05) is 56.4 Å². The first-order valence-corrected chi connectivity index (χ1v) is 11.4. The van der Waals surface area contributed by atoms with Crippen molar-refractivity contribution >= 4 is 40.5 Å². The first-order valence-electron chi connectivity index (χ1n) is 10.6. The van der Waals surface area contributed by atoms with Gasteiger partial charge in [-0.25, -0.2) is 4.99 Å². The van der Waals surface area contributed by atoms with Gasteiger partial charge in [-0.05, 0) is 48.6 Å². The number of thioether (sulfide) groups is 1. The van der Waals surface area contributed by atoms with E-state index in [4.69, 9.17) is 0 Å². The maximum atomic E-state index is 13.3. The van der Waals surface area contributed by atoms with Gasteiger partial charge < -0.3 is 4.90 Å². The molecule has 0 N–H and O–H groups in total. The number of hydrogen-bond acceptors (Lipinski definition) is 4. The minimum atomic E-state index is -0.214. The van der Waals surface area contributed by atoms with Crippen molar-refractivity contribution < 1.29 is 9.59 Å². The summed E-state index contributed by atoms with van der Waals surface area (Å²) in [7, 11) is 1.81. The van der Waals surface area contributed by atoms with E-state index in [9.17, 15) is 9.59 Å². The number of benzene rings is 2. The summed E-state index contributed by atoms with van der Waals surface area (Å²) in [4.78, 5) is 33.8. The molecule has 0 radical (unpaired) electrons. The second-order valence-electron chi connectivity index (χ2n) is 8.38. The van der Waals surface area contributed by atoms with Gasteiger partial charge >= 0.3 is 0 Å². The Hall–Kier alpha value is -2.86. The highest BCUT2D eigenvalue weighted by molar-refractivity contribution is 8.15. The van der Waals surface area contributed by atoms with Crippen molar-refractivity contribution in [2.75, 3.05) is 18.5 Å². The van der Waals surface area contributed by atoms with Crippen LogP contribution in [0.5, 0.6) is 0 Å². The normalized spacial score (nSPS) is 20.4. The van der Waals surface area contributed by atoms with E-state index in [0.717, 1.165) is 29.8 Å². The summed E-state index contributed by atoms with van der Waals surface area (Å²) in [5.74, 6) is 0.374. The quantitative estimate of drug-likeness (QED) is 0.649. The van der Waals surface area contributed by atoms with E-state index in [-0.39, 0.29) is 17.1 Å². The molecule has 1 unspecified atom stereocenters. The fourth-order valence-electron chi connectivity index (χ4n) is 3.66. The molecule has 2 aliphatic heterocycles. The lowest BCUT2D eigenvalue weighted by Crippen LogP contribution is -2.33. The van der Waals surface area contributed by atoms with Crippen molar-refractivity contribution in [2.24, 2.45) is 4.99 Å². The number of aliphatic imine (C=N–C) groups is 1. The molecule has 0 aromatic heterocycles. The van der Waals surface area contributed by atoms with Crippen LogP contribution in [-0.4, -0.2) is 40.7 Å². The fraction of sp³-hybridized carbons (Fsp3) is 0.320. The van der Waals surface area contributed by atoms with Crippen molar-refractivity contribution in [1.29, 1.82) is 0 Å². The molecule has 0 bridgehead atoms. The van der Waals surface area contributed by atoms with Crippen LogP contribution in [0.2, 0.25) is 0 Å². The fourth-order valence-corrected chi connectivity index (χ4v) is 4.86. The molecule has 1 fully saturated rings. The molecule has 2 aliphatic rings. The standard InChI is InChI=1S/C25H27N3O2S/c1-16(2)19-9-7-18(8-10-19)15-21-23(29)28(20-11-5-17(3)6-12-20)25(26-21)31-22-13-14-27(4)24(22)30/h5-12,15-16,22H,13-14H2,1-4H3. The summed E-state index contributed by atoms with van der Waals surface area (Å²) >= 11 is 1.38. The molecule has 160 valence electrons. The molecule has 1 atom stereocenters. The maximum absolute atomic E-state index is 13.3. The molecule has 2 heterocycles. The zero-order chi connectivity index (χ0) is 22.1. The third-order valence-electron chi connectivity index (χ3n) is 5.65. The number of aryl methyl sites for hydroxylation is 1. The Kier molecular flexibility index (Phi) is 6.01. The van der Waals surface area contributed by atoms with Gasteiger partial charge in [-0.2, -0.15) is 0 Å². The summed E-state index contributed by atoms with van der Waals surface area (Å²) in [6.45, 7) is 7.05. The van der Waals surface area contributed by atoms with E-state index < -0.39 is 0 Å². The molecular formula is C25H27N3O2S. The Labute approximate surface area is 187 Å². The predicted molar refractivity (Wildman–Crippen MR) is 128 cm³/mol. The monoisotopic (exact) mass is 433 g/mol. The highest BCUT2D eigenvalue weighted by Gasteiger charge is 2.37. The van der Waals surface area contributed by atoms with Crippen molar-refractivity contribution in [3.8, 4) is 0 Å². The summed E-state index contributed by atoms with van der Waals surface area (Å²) in [5.41, 5.74) is 4.46. The first kappa shape index (κ1) is 21.4. The third kappa shape index (κ3) is 4.44. The van der Waals surface area contributed by atoms with Crippen LogP contribution >= 0.6 is 11.8 Å². The van der Waals surface area contributed by atoms with Crippen LogP contribution in [-0.2, 0) is 9.59 Å². The number of carbonyl (C=O) groups is 2. The van der Waals surface area contributed by atoms with Gasteiger partial charge in [0.1, 0.15) is 5.70 Å². The van der Waals surface area contributed by atoms with Crippen LogP contribution in [0.1, 0.15) is 42.9 Å². The van der Waals surface area contributed by atoms with Crippen molar-refractivity contribution in [3.63, 3.8) is 0 Å². The first-order chi connectivity index (χ1) is 14.8. The lowest BCUT2D eigenvalue weighted by Gasteiger charge is -2.19. The molecule has 4 rings (SSSR count). The van der Waals surface area contributed by atoms with Crippen molar-refractivity contribution in [1.82, 2.24) is 4.90 Å². The SMILES string of the molecule is Cc1ccc(N2C(=O)C(=Cc3ccc(C(C)C)cc3)N=C2SC2CCN(C)C2=O)cc1. The molecule has 0 aliphatic carbocycles. The average molecular weight is 434 g/mol. The number of amides is 2.